The van der Waals surface area contributed by atoms with E-state index in [4.69, 9.17) is 5.11 Å². The zero-order chi connectivity index (χ0) is 10.9. The lowest BCUT2D eigenvalue weighted by Gasteiger charge is -1.97. The molecule has 0 fully saturated rings. The number of carboxylic acids is 1. The Hall–Kier alpha value is -1.53. The van der Waals surface area contributed by atoms with E-state index in [2.05, 4.69) is 9.40 Å². The summed E-state index contributed by atoms with van der Waals surface area (Å²) in [5, 5.41) is 8.33. The summed E-state index contributed by atoms with van der Waals surface area (Å²) in [5.41, 5.74) is -0.0558. The Morgan fingerprint density at radius 1 is 1.57 bits per heavy atom. The number of halogens is 3. The van der Waals surface area contributed by atoms with Crippen LogP contribution >= 0.6 is 0 Å². The molecule has 1 rings (SSSR count). The molecular formula is C7H6F3NO3. The van der Waals surface area contributed by atoms with Crippen LogP contribution in [-0.2, 0) is 17.4 Å². The minimum Gasteiger partial charge on any atom is -0.481 e. The molecule has 7 heteroatoms. The van der Waals surface area contributed by atoms with Crippen LogP contribution in [-0.4, -0.2) is 16.1 Å². The summed E-state index contributed by atoms with van der Waals surface area (Å²) in [7, 11) is 0. The smallest absolute Gasteiger partial charge is 0.468 e. The standard InChI is InChI=1S/C7H6F3NO3/c1-3-4(2-5(12)13)14-6(11-3)7(8,9)10/h2H2,1H3,(H,12,13). The largest absolute Gasteiger partial charge is 0.481 e. The van der Waals surface area contributed by atoms with Gasteiger partial charge in [0.05, 0.1) is 5.69 Å². The van der Waals surface area contributed by atoms with E-state index >= 15 is 0 Å². The Bertz CT molecular complexity index is 356. The molecule has 1 heterocycles. The van der Waals surface area contributed by atoms with Crippen LogP contribution in [0.2, 0.25) is 0 Å². The molecule has 14 heavy (non-hydrogen) atoms. The summed E-state index contributed by atoms with van der Waals surface area (Å²) >= 11 is 0. The first kappa shape index (κ1) is 10.6. The Kier molecular flexibility index (Phi) is 2.50. The Balaban J connectivity index is 2.99. The maximum absolute atomic E-state index is 12.0. The monoisotopic (exact) mass is 209 g/mol. The van der Waals surface area contributed by atoms with Gasteiger partial charge in [0.15, 0.2) is 0 Å². The summed E-state index contributed by atoms with van der Waals surface area (Å²) in [6.07, 6.45) is -5.28. The van der Waals surface area contributed by atoms with Gasteiger partial charge >= 0.3 is 18.0 Å². The van der Waals surface area contributed by atoms with E-state index in [9.17, 15) is 18.0 Å². The van der Waals surface area contributed by atoms with Gasteiger partial charge in [0.2, 0.25) is 0 Å². The van der Waals surface area contributed by atoms with Crippen molar-refractivity contribution in [3.63, 3.8) is 0 Å². The van der Waals surface area contributed by atoms with Crippen LogP contribution in [0.15, 0.2) is 4.42 Å². The number of aromatic nitrogens is 1. The summed E-state index contributed by atoms with van der Waals surface area (Å²) in [6, 6.07) is 0. The van der Waals surface area contributed by atoms with E-state index in [0.717, 1.165) is 0 Å². The molecule has 0 radical (unpaired) electrons. The average Bonchev–Trinajstić information content (AvgIpc) is 2.30. The number of aryl methyl sites for hydroxylation is 1. The number of carboxylic acid groups (broad SMARTS) is 1. The third-order valence-corrected chi connectivity index (χ3v) is 1.45. The number of hydrogen-bond donors (Lipinski definition) is 1. The van der Waals surface area contributed by atoms with E-state index in [-0.39, 0.29) is 11.5 Å². The second-order valence-corrected chi connectivity index (χ2v) is 2.60. The highest BCUT2D eigenvalue weighted by Gasteiger charge is 2.38. The van der Waals surface area contributed by atoms with Gasteiger partial charge in [-0.15, -0.1) is 0 Å². The van der Waals surface area contributed by atoms with Gasteiger partial charge in [0.1, 0.15) is 12.2 Å². The fraction of sp³-hybridized carbons (Fsp3) is 0.429. The SMILES string of the molecule is Cc1nc(C(F)(F)F)oc1CC(=O)O. The number of nitrogens with zero attached hydrogens (tertiary/aromatic N) is 1. The number of oxazole rings is 1. The van der Waals surface area contributed by atoms with Crippen LogP contribution < -0.4 is 0 Å². The maximum Gasteiger partial charge on any atom is 0.468 e. The van der Waals surface area contributed by atoms with Crippen molar-refractivity contribution in [2.45, 2.75) is 19.5 Å². The van der Waals surface area contributed by atoms with Gasteiger partial charge in [-0.05, 0) is 6.92 Å². The molecule has 0 spiro atoms. The first-order chi connectivity index (χ1) is 6.30. The van der Waals surface area contributed by atoms with Crippen molar-refractivity contribution >= 4 is 5.97 Å². The normalized spacial score (nSPS) is 11.7. The van der Waals surface area contributed by atoms with Gasteiger partial charge in [-0.3, -0.25) is 4.79 Å². The quantitative estimate of drug-likeness (QED) is 0.803. The zero-order valence-corrected chi connectivity index (χ0v) is 7.05. The molecule has 0 saturated carbocycles. The first-order valence-corrected chi connectivity index (χ1v) is 3.56. The van der Waals surface area contributed by atoms with Gasteiger partial charge in [-0.1, -0.05) is 0 Å². The van der Waals surface area contributed by atoms with Gasteiger partial charge < -0.3 is 9.52 Å². The molecule has 0 saturated heterocycles. The fourth-order valence-electron chi connectivity index (χ4n) is 0.851. The predicted molar refractivity (Wildman–Crippen MR) is 37.6 cm³/mol. The second-order valence-electron chi connectivity index (χ2n) is 2.60. The summed E-state index contributed by atoms with van der Waals surface area (Å²) in [5.74, 6) is -2.95. The third kappa shape index (κ3) is 2.24. The highest BCUT2D eigenvalue weighted by Crippen LogP contribution is 2.29. The number of aliphatic carboxylic acids is 1. The van der Waals surface area contributed by atoms with Crippen molar-refractivity contribution in [2.75, 3.05) is 0 Å². The summed E-state index contributed by atoms with van der Waals surface area (Å²) < 4.78 is 40.3. The lowest BCUT2D eigenvalue weighted by atomic mass is 10.3. The minimum absolute atomic E-state index is 0.0558. The number of alkyl halides is 3. The topological polar surface area (TPSA) is 63.3 Å². The molecule has 4 nitrogen and oxygen atoms in total. The average molecular weight is 209 g/mol. The van der Waals surface area contributed by atoms with Crippen LogP contribution in [0.5, 0.6) is 0 Å². The Labute approximate surface area is 76.4 Å². The molecule has 0 aromatic carbocycles. The molecule has 0 bridgehead atoms. The molecule has 0 unspecified atom stereocenters. The first-order valence-electron chi connectivity index (χ1n) is 3.56. The lowest BCUT2D eigenvalue weighted by Crippen LogP contribution is -2.04. The zero-order valence-electron chi connectivity index (χ0n) is 7.05. The van der Waals surface area contributed by atoms with Crippen LogP contribution in [0.4, 0.5) is 13.2 Å². The van der Waals surface area contributed by atoms with Crippen molar-refractivity contribution in [3.05, 3.63) is 17.3 Å². The minimum atomic E-state index is -4.68. The third-order valence-electron chi connectivity index (χ3n) is 1.45. The maximum atomic E-state index is 12.0. The van der Waals surface area contributed by atoms with E-state index in [1.165, 1.54) is 6.92 Å². The molecule has 1 aromatic rings. The molecular weight excluding hydrogens is 203 g/mol. The highest BCUT2D eigenvalue weighted by atomic mass is 19.4. The van der Waals surface area contributed by atoms with Crippen molar-refractivity contribution in [1.82, 2.24) is 4.98 Å². The number of hydrogen-bond acceptors (Lipinski definition) is 3. The van der Waals surface area contributed by atoms with Gasteiger partial charge in [0.25, 0.3) is 0 Å². The molecule has 0 aliphatic carbocycles. The molecule has 0 amide bonds. The fourth-order valence-corrected chi connectivity index (χ4v) is 0.851. The molecule has 0 aliphatic rings. The van der Waals surface area contributed by atoms with E-state index in [1.807, 2.05) is 0 Å². The van der Waals surface area contributed by atoms with Crippen molar-refractivity contribution < 1.29 is 27.5 Å². The van der Waals surface area contributed by atoms with E-state index < -0.39 is 24.5 Å². The molecule has 0 aliphatic heterocycles. The Morgan fingerprint density at radius 2 is 2.14 bits per heavy atom. The van der Waals surface area contributed by atoms with E-state index in [1.54, 1.807) is 0 Å². The molecule has 78 valence electrons. The lowest BCUT2D eigenvalue weighted by molar-refractivity contribution is -0.158. The second kappa shape index (κ2) is 3.32. The predicted octanol–water partition coefficient (Wildman–Crippen LogP) is 1.63. The van der Waals surface area contributed by atoms with Crippen LogP contribution in [0.25, 0.3) is 0 Å². The van der Waals surface area contributed by atoms with E-state index in [0.29, 0.717) is 0 Å². The van der Waals surface area contributed by atoms with Crippen molar-refractivity contribution in [3.8, 4) is 0 Å². The summed E-state index contributed by atoms with van der Waals surface area (Å²) in [6.45, 7) is 1.26. The summed E-state index contributed by atoms with van der Waals surface area (Å²) in [4.78, 5) is 13.3. The van der Waals surface area contributed by atoms with Gasteiger partial charge in [0, 0.05) is 0 Å². The molecule has 1 aromatic heterocycles. The van der Waals surface area contributed by atoms with Crippen LogP contribution in [0.1, 0.15) is 17.3 Å². The van der Waals surface area contributed by atoms with Crippen LogP contribution in [0, 0.1) is 6.92 Å². The number of rotatable bonds is 2. The molecule has 1 N–H and O–H groups in total. The Morgan fingerprint density at radius 3 is 2.50 bits per heavy atom. The highest BCUT2D eigenvalue weighted by molar-refractivity contribution is 5.69. The number of carbonyl (C=O) groups is 1. The van der Waals surface area contributed by atoms with Crippen molar-refractivity contribution in [1.29, 1.82) is 0 Å². The molecule has 0 atom stereocenters. The van der Waals surface area contributed by atoms with Gasteiger partial charge in [-0.2, -0.15) is 13.2 Å². The van der Waals surface area contributed by atoms with Crippen LogP contribution in [0.3, 0.4) is 0 Å². The van der Waals surface area contributed by atoms with Gasteiger partial charge in [-0.25, -0.2) is 4.98 Å². The van der Waals surface area contributed by atoms with Crippen molar-refractivity contribution in [2.24, 2.45) is 0 Å².